The minimum Gasteiger partial charge on any atom is -0.483 e. The normalized spacial score (nSPS) is 10.7. The Morgan fingerprint density at radius 1 is 1.23 bits per heavy atom. The van der Waals surface area contributed by atoms with E-state index in [9.17, 15) is 4.79 Å². The van der Waals surface area contributed by atoms with Gasteiger partial charge in [0.25, 0.3) is 5.91 Å². The van der Waals surface area contributed by atoms with E-state index >= 15 is 0 Å². The molecule has 5 heteroatoms. The fraction of sp³-hybridized carbons (Fsp3) is 0.176. The van der Waals surface area contributed by atoms with E-state index in [1.165, 1.54) is 0 Å². The maximum Gasteiger partial charge on any atom is 0.277 e. The molecule has 1 amide bonds. The molecule has 0 spiro atoms. The highest BCUT2D eigenvalue weighted by Crippen LogP contribution is 2.18. The summed E-state index contributed by atoms with van der Waals surface area (Å²) in [4.78, 5) is 11.7. The van der Waals surface area contributed by atoms with Crippen molar-refractivity contribution in [2.45, 2.75) is 13.8 Å². The van der Waals surface area contributed by atoms with Crippen molar-refractivity contribution >= 4 is 23.7 Å². The van der Waals surface area contributed by atoms with E-state index in [0.717, 1.165) is 16.7 Å². The summed E-state index contributed by atoms with van der Waals surface area (Å²) in [6.45, 7) is 3.83. The van der Waals surface area contributed by atoms with Crippen molar-refractivity contribution in [3.8, 4) is 5.75 Å². The molecule has 1 N–H and O–H groups in total. The van der Waals surface area contributed by atoms with Crippen molar-refractivity contribution in [3.05, 3.63) is 64.2 Å². The maximum atomic E-state index is 11.7. The summed E-state index contributed by atoms with van der Waals surface area (Å²) in [6.07, 6.45) is 1.55. The third-order valence-corrected chi connectivity index (χ3v) is 3.23. The van der Waals surface area contributed by atoms with Crippen LogP contribution < -0.4 is 10.2 Å². The first-order valence-electron chi connectivity index (χ1n) is 6.82. The first-order chi connectivity index (χ1) is 10.5. The summed E-state index contributed by atoms with van der Waals surface area (Å²) in [5.41, 5.74) is 5.34. The van der Waals surface area contributed by atoms with Crippen LogP contribution in [-0.4, -0.2) is 18.7 Å². The zero-order chi connectivity index (χ0) is 15.9. The molecule has 0 atom stereocenters. The Morgan fingerprint density at radius 2 is 1.95 bits per heavy atom. The van der Waals surface area contributed by atoms with Crippen LogP contribution in [0.2, 0.25) is 5.02 Å². The average molecular weight is 317 g/mol. The van der Waals surface area contributed by atoms with E-state index < -0.39 is 0 Å². The number of aryl methyl sites for hydroxylation is 2. The summed E-state index contributed by atoms with van der Waals surface area (Å²) in [6, 6.07) is 13.0. The van der Waals surface area contributed by atoms with Crippen LogP contribution >= 0.6 is 11.6 Å². The van der Waals surface area contributed by atoms with Gasteiger partial charge in [-0.15, -0.1) is 0 Å². The van der Waals surface area contributed by atoms with Crippen LogP contribution in [0.15, 0.2) is 47.6 Å². The van der Waals surface area contributed by atoms with Crippen molar-refractivity contribution < 1.29 is 9.53 Å². The largest absolute Gasteiger partial charge is 0.483 e. The quantitative estimate of drug-likeness (QED) is 0.678. The number of benzene rings is 2. The monoisotopic (exact) mass is 316 g/mol. The SMILES string of the molecule is Cc1ccc(C)c(OCC(=O)N/N=C/c2ccc(Cl)cc2)c1. The number of rotatable bonds is 5. The first kappa shape index (κ1) is 16.0. The molecular formula is C17H17ClN2O2. The Kier molecular flexibility index (Phi) is 5.55. The second kappa shape index (κ2) is 7.61. The topological polar surface area (TPSA) is 50.7 Å². The molecule has 0 saturated carbocycles. The van der Waals surface area contributed by atoms with Gasteiger partial charge < -0.3 is 4.74 Å². The molecule has 0 aliphatic heterocycles. The Balaban J connectivity index is 1.83. The third-order valence-electron chi connectivity index (χ3n) is 2.98. The molecular weight excluding hydrogens is 300 g/mol. The van der Waals surface area contributed by atoms with Crippen LogP contribution in [0, 0.1) is 13.8 Å². The second-order valence-corrected chi connectivity index (χ2v) is 5.34. The van der Waals surface area contributed by atoms with Crippen molar-refractivity contribution in [2.24, 2.45) is 5.10 Å². The van der Waals surface area contributed by atoms with E-state index in [1.54, 1.807) is 18.3 Å². The number of hydrogen-bond donors (Lipinski definition) is 1. The molecule has 114 valence electrons. The molecule has 2 aromatic rings. The van der Waals surface area contributed by atoms with Crippen molar-refractivity contribution in [2.75, 3.05) is 6.61 Å². The van der Waals surface area contributed by atoms with Gasteiger partial charge in [0.15, 0.2) is 6.61 Å². The molecule has 2 aromatic carbocycles. The molecule has 0 heterocycles. The number of nitrogens with one attached hydrogen (secondary N) is 1. The summed E-state index contributed by atoms with van der Waals surface area (Å²) < 4.78 is 5.49. The second-order valence-electron chi connectivity index (χ2n) is 4.90. The predicted octanol–water partition coefficient (Wildman–Crippen LogP) is 3.49. The zero-order valence-electron chi connectivity index (χ0n) is 12.5. The van der Waals surface area contributed by atoms with Gasteiger partial charge in [0.2, 0.25) is 0 Å². The highest BCUT2D eigenvalue weighted by atomic mass is 35.5. The molecule has 0 radical (unpaired) electrons. The van der Waals surface area contributed by atoms with Gasteiger partial charge in [0, 0.05) is 5.02 Å². The van der Waals surface area contributed by atoms with Gasteiger partial charge in [-0.25, -0.2) is 5.43 Å². The van der Waals surface area contributed by atoms with Crippen molar-refractivity contribution in [1.29, 1.82) is 0 Å². The highest BCUT2D eigenvalue weighted by molar-refractivity contribution is 6.30. The predicted molar refractivity (Wildman–Crippen MR) is 88.6 cm³/mol. The molecule has 0 unspecified atom stereocenters. The number of nitrogens with zero attached hydrogens (tertiary/aromatic N) is 1. The molecule has 22 heavy (non-hydrogen) atoms. The van der Waals surface area contributed by atoms with Gasteiger partial charge in [-0.2, -0.15) is 5.10 Å². The molecule has 0 aliphatic carbocycles. The lowest BCUT2D eigenvalue weighted by Gasteiger charge is -2.08. The number of ether oxygens (including phenoxy) is 1. The van der Waals surface area contributed by atoms with Crippen LogP contribution in [0.3, 0.4) is 0 Å². The van der Waals surface area contributed by atoms with E-state index in [1.807, 2.05) is 44.2 Å². The van der Waals surface area contributed by atoms with E-state index in [2.05, 4.69) is 10.5 Å². The van der Waals surface area contributed by atoms with Crippen molar-refractivity contribution in [1.82, 2.24) is 5.43 Å². The first-order valence-corrected chi connectivity index (χ1v) is 7.20. The van der Waals surface area contributed by atoms with Crippen LogP contribution in [0.5, 0.6) is 5.75 Å². The standard InChI is InChI=1S/C17H17ClN2O2/c1-12-3-4-13(2)16(9-12)22-11-17(21)20-19-10-14-5-7-15(18)8-6-14/h3-10H,11H2,1-2H3,(H,20,21)/b19-10+. The minimum atomic E-state index is -0.314. The molecule has 0 saturated heterocycles. The van der Waals surface area contributed by atoms with Crippen molar-refractivity contribution in [3.63, 3.8) is 0 Å². The molecule has 0 fully saturated rings. The summed E-state index contributed by atoms with van der Waals surface area (Å²) in [7, 11) is 0. The zero-order valence-corrected chi connectivity index (χ0v) is 13.2. The molecule has 0 aromatic heterocycles. The van der Waals surface area contributed by atoms with Gasteiger partial charge >= 0.3 is 0 Å². The number of amides is 1. The number of hydrogen-bond acceptors (Lipinski definition) is 3. The van der Waals surface area contributed by atoms with E-state index in [-0.39, 0.29) is 12.5 Å². The fourth-order valence-corrected chi connectivity index (χ4v) is 1.89. The summed E-state index contributed by atoms with van der Waals surface area (Å²) >= 11 is 5.79. The van der Waals surface area contributed by atoms with E-state index in [0.29, 0.717) is 10.8 Å². The summed E-state index contributed by atoms with van der Waals surface area (Å²) in [5, 5.41) is 4.53. The Bertz CT molecular complexity index is 682. The third kappa shape index (κ3) is 4.90. The van der Waals surface area contributed by atoms with Crippen LogP contribution in [0.25, 0.3) is 0 Å². The van der Waals surface area contributed by atoms with Gasteiger partial charge in [0.05, 0.1) is 6.21 Å². The molecule has 2 rings (SSSR count). The van der Waals surface area contributed by atoms with Crippen LogP contribution in [0.4, 0.5) is 0 Å². The Hall–Kier alpha value is -2.33. The van der Waals surface area contributed by atoms with Gasteiger partial charge in [-0.1, -0.05) is 35.9 Å². The van der Waals surface area contributed by atoms with Gasteiger partial charge in [-0.3, -0.25) is 4.79 Å². The lowest BCUT2D eigenvalue weighted by molar-refractivity contribution is -0.123. The molecule has 4 nitrogen and oxygen atoms in total. The Morgan fingerprint density at radius 3 is 2.68 bits per heavy atom. The lowest BCUT2D eigenvalue weighted by atomic mass is 10.1. The summed E-state index contributed by atoms with van der Waals surface area (Å²) in [5.74, 6) is 0.392. The number of halogens is 1. The van der Waals surface area contributed by atoms with Crippen LogP contribution in [-0.2, 0) is 4.79 Å². The van der Waals surface area contributed by atoms with Gasteiger partial charge in [0.1, 0.15) is 5.75 Å². The smallest absolute Gasteiger partial charge is 0.277 e. The minimum absolute atomic E-state index is 0.0811. The average Bonchev–Trinajstić information content (AvgIpc) is 2.50. The number of carbonyl (C=O) groups is 1. The highest BCUT2D eigenvalue weighted by Gasteiger charge is 2.04. The number of hydrazone groups is 1. The maximum absolute atomic E-state index is 11.7. The van der Waals surface area contributed by atoms with E-state index in [4.69, 9.17) is 16.3 Å². The lowest BCUT2D eigenvalue weighted by Crippen LogP contribution is -2.24. The molecule has 0 aliphatic rings. The Labute approximate surface area is 134 Å². The van der Waals surface area contributed by atoms with Gasteiger partial charge in [-0.05, 0) is 48.7 Å². The van der Waals surface area contributed by atoms with Crippen LogP contribution in [0.1, 0.15) is 16.7 Å². The molecule has 0 bridgehead atoms. The fourth-order valence-electron chi connectivity index (χ4n) is 1.77. The number of carbonyl (C=O) groups excluding carboxylic acids is 1.